The van der Waals surface area contributed by atoms with Crippen LogP contribution in [0.5, 0.6) is 0 Å². The molecule has 4 aliphatic rings. The zero-order valence-electron chi connectivity index (χ0n) is 68.3. The van der Waals surface area contributed by atoms with E-state index in [0.29, 0.717) is 58.9 Å². The molecule has 0 atom stereocenters. The minimum absolute atomic E-state index is 0.109. The molecule has 4 saturated heterocycles. The van der Waals surface area contributed by atoms with Crippen LogP contribution in [0.4, 0.5) is 53.4 Å². The number of tetrazole rings is 3. The Kier molecular flexibility index (Phi) is 25.1. The fraction of sp³-hybridized carbons (Fsp3) is 0.405. The molecule has 0 aliphatic carbocycles. The minimum Gasteiger partial charge on any atom is -0.444 e. The van der Waals surface area contributed by atoms with E-state index in [-0.39, 0.29) is 104 Å². The van der Waals surface area contributed by atoms with Gasteiger partial charge in [-0.2, -0.15) is 29.3 Å². The molecule has 4 aliphatic heterocycles. The monoisotopic (exact) mass is 1720 g/mol. The lowest BCUT2D eigenvalue weighted by Gasteiger charge is -2.33. The molecule has 3 aromatic carbocycles. The van der Waals surface area contributed by atoms with Crippen molar-refractivity contribution < 1.29 is 54.7 Å². The van der Waals surface area contributed by atoms with E-state index in [1.165, 1.54) is 63.4 Å². The third kappa shape index (κ3) is 19.0. The third-order valence-corrected chi connectivity index (χ3v) is 21.4. The van der Waals surface area contributed by atoms with E-state index < -0.39 is 53.2 Å². The highest BCUT2D eigenvalue weighted by molar-refractivity contribution is 9.10. The molecule has 13 heterocycles. The summed E-state index contributed by atoms with van der Waals surface area (Å²) in [4.78, 5) is 40.6. The van der Waals surface area contributed by atoms with Crippen LogP contribution in [0.1, 0.15) is 143 Å². The third-order valence-electron chi connectivity index (χ3n) is 21.0. The quantitative estimate of drug-likeness (QED) is 0.0652. The molecule has 41 heteroatoms. The second-order valence-electron chi connectivity index (χ2n) is 32.4. The number of nitrogens with two attached hydrogens (primary N) is 3. The molecule has 16 rings (SSSR count). The van der Waals surface area contributed by atoms with Gasteiger partial charge >= 0.3 is 19.3 Å². The van der Waals surface area contributed by atoms with Gasteiger partial charge in [-0.25, -0.2) is 50.9 Å². The molecule has 7 N–H and O–H groups in total. The Labute approximate surface area is 695 Å². The molecule has 0 spiro atoms. The summed E-state index contributed by atoms with van der Waals surface area (Å²) in [6.07, 6.45) is 20.6. The first kappa shape index (κ1) is 85.8. The van der Waals surface area contributed by atoms with Gasteiger partial charge in [0.2, 0.25) is 0 Å². The largest absolute Gasteiger partial charge is 0.498 e. The van der Waals surface area contributed by atoms with Crippen molar-refractivity contribution in [3.63, 3.8) is 0 Å². The number of halogens is 7. The molecule has 0 unspecified atom stereocenters. The molecule has 2 amide bonds. The number of pyridine rings is 3. The summed E-state index contributed by atoms with van der Waals surface area (Å²) < 4.78 is 119. The number of carbonyl (C=O) groups is 2. The number of aromatic nitrogens is 21. The highest BCUT2D eigenvalue weighted by atomic mass is 79.9. The average Bonchev–Trinajstić information content (AvgIpc) is 1.61. The number of ether oxygens (including phenoxy) is 2. The summed E-state index contributed by atoms with van der Waals surface area (Å²) >= 11 is 3.27. The molecule has 630 valence electrons. The highest BCUT2D eigenvalue weighted by Gasteiger charge is 2.52. The van der Waals surface area contributed by atoms with E-state index in [1.807, 2.05) is 108 Å². The molecule has 12 aromatic rings. The predicted molar refractivity (Wildman–Crippen MR) is 436 cm³/mol. The van der Waals surface area contributed by atoms with Crippen molar-refractivity contribution in [3.05, 3.63) is 166 Å². The number of likely N-dealkylation sites (tertiary alicyclic amines) is 2. The van der Waals surface area contributed by atoms with Crippen LogP contribution in [0.3, 0.4) is 0 Å². The lowest BCUT2D eigenvalue weighted by atomic mass is 9.82. The second-order valence-corrected chi connectivity index (χ2v) is 33.3. The van der Waals surface area contributed by atoms with Crippen molar-refractivity contribution in [3.8, 4) is 73.5 Å². The first-order valence-electron chi connectivity index (χ1n) is 38.7. The summed E-state index contributed by atoms with van der Waals surface area (Å²) in [5, 5.41) is 51.0. The lowest BCUT2D eigenvalue weighted by Crippen LogP contribution is -2.42. The normalized spacial score (nSPS) is 15.8. The maximum absolute atomic E-state index is 14.7. The van der Waals surface area contributed by atoms with Gasteiger partial charge in [0.05, 0.1) is 58.4 Å². The Morgan fingerprint density at radius 1 is 0.475 bits per heavy atom. The Morgan fingerprint density at radius 3 is 1.19 bits per heavy atom. The van der Waals surface area contributed by atoms with Crippen LogP contribution in [-0.4, -0.2) is 196 Å². The number of carbonyl (C=O) groups excluding carboxylic acids is 2. The number of amides is 2. The van der Waals surface area contributed by atoms with Crippen molar-refractivity contribution in [1.82, 2.24) is 120 Å². The second kappa shape index (κ2) is 35.1. The SMILES string of the molecule is CC(C)(C)OC(=O)N1CCC(n2cc(B3OC(C)(C)C(C)(C)O3)cn2)CC1.Cc1ccc(-n2nnnc2-c2cc(-c3cnn(C4CCN(C(=O)OC(C)(C)C)CC4)c3)cnc2N)c(F)c1F.Cc1ccc(-n2nnnc2-c2cc(-c3cnn(C4CCNCC4)c3)cnc2N)c(F)c1F.Cc1ccc(-n2nnnc2-c2cc(Br)cnc2N)c(F)c1F. The molecule has 0 saturated carbocycles. The van der Waals surface area contributed by atoms with E-state index in [9.17, 15) is 35.9 Å². The van der Waals surface area contributed by atoms with Crippen molar-refractivity contribution in [1.29, 1.82) is 0 Å². The van der Waals surface area contributed by atoms with Crippen LogP contribution in [0, 0.1) is 55.7 Å². The molecule has 33 nitrogen and oxygen atoms in total. The number of benzene rings is 3. The zero-order valence-corrected chi connectivity index (χ0v) is 69.9. The van der Waals surface area contributed by atoms with E-state index >= 15 is 0 Å². The number of aryl methyl sites for hydroxylation is 3. The molecule has 0 bridgehead atoms. The van der Waals surface area contributed by atoms with E-state index in [1.54, 1.807) is 52.8 Å². The van der Waals surface area contributed by atoms with Crippen LogP contribution in [0.25, 0.3) is 73.5 Å². The molecule has 0 radical (unpaired) electrons. The topological polar surface area (TPSA) is 391 Å². The van der Waals surface area contributed by atoms with Gasteiger partial charge in [0.1, 0.15) is 45.7 Å². The average molecular weight is 1720 g/mol. The predicted octanol–water partition coefficient (Wildman–Crippen LogP) is 12.4. The maximum atomic E-state index is 14.7. The van der Waals surface area contributed by atoms with Gasteiger partial charge in [0.25, 0.3) is 0 Å². The van der Waals surface area contributed by atoms with Gasteiger partial charge in [-0.15, -0.1) is 15.3 Å². The van der Waals surface area contributed by atoms with E-state index in [2.05, 4.69) is 98.1 Å². The number of piperidine rings is 3. The van der Waals surface area contributed by atoms with Gasteiger partial charge in [0.15, 0.2) is 52.4 Å². The van der Waals surface area contributed by atoms with Gasteiger partial charge in [-0.1, -0.05) is 18.2 Å². The highest BCUT2D eigenvalue weighted by Crippen LogP contribution is 2.39. The Bertz CT molecular complexity index is 5680. The fourth-order valence-electron chi connectivity index (χ4n) is 13.6. The van der Waals surface area contributed by atoms with Crippen molar-refractivity contribution >= 4 is 58.2 Å². The standard InChI is InChI=1S/C26H29F2N9O2.C21H21F2N9.C19H32BN3O4.C13H9BrF2N6/c1-15-5-6-20(22(28)21(15)27)37-24(32-33-34-37)19-11-16(12-30-23(19)29)17-13-31-36(14-17)18-7-9-35(10-8-18)25(38)39-26(2,3)4;1-12-2-3-17(19(23)18(12)22)32-21(28-29-30-32)16-8-13(9-26-20(16)24)14-10-27-31(11-14)15-4-6-25-7-5-15;1-17(2,3)25-16(24)22-10-8-15(9-11-22)23-13-14(12-21-23)20-26-18(4,5)19(6,7)27-20;1-6-2-3-9(11(16)10(6)15)22-13(19-20-21-22)8-4-7(14)5-18-12(8)17/h5-6,11-14,18H,7-10H2,1-4H3,(H2,29,30);2-3,8-11,15,25H,4-7H2,1H3,(H2,24,26);12-13,15H,8-11H2,1-7H3;2-5H,1H3,(H2,17,18). The van der Waals surface area contributed by atoms with Crippen LogP contribution < -0.4 is 28.0 Å². The number of anilines is 3. The minimum atomic E-state index is -1.06. The number of nitrogen functional groups attached to an aromatic ring is 3. The first-order chi connectivity index (χ1) is 56.9. The Hall–Kier alpha value is -12.1. The lowest BCUT2D eigenvalue weighted by molar-refractivity contribution is 0.00578. The van der Waals surface area contributed by atoms with Crippen LogP contribution >= 0.6 is 15.9 Å². The zero-order chi connectivity index (χ0) is 86.0. The maximum Gasteiger partial charge on any atom is 0.498 e. The number of hydrogen-bond acceptors (Lipinski definition) is 25. The van der Waals surface area contributed by atoms with Gasteiger partial charge in [-0.05, 0) is 242 Å². The molecule has 9 aromatic heterocycles. The number of nitrogens with one attached hydrogen (secondary N) is 1. The summed E-state index contributed by atoms with van der Waals surface area (Å²) in [6, 6.07) is 14.5. The summed E-state index contributed by atoms with van der Waals surface area (Å²) in [7, 11) is -0.398. The molecule has 4 fully saturated rings. The van der Waals surface area contributed by atoms with Gasteiger partial charge < -0.3 is 51.1 Å². The smallest absolute Gasteiger partial charge is 0.444 e. The van der Waals surface area contributed by atoms with Crippen molar-refractivity contribution in [2.75, 3.05) is 56.5 Å². The first-order valence-corrected chi connectivity index (χ1v) is 39.5. The Morgan fingerprint density at radius 2 is 0.817 bits per heavy atom. The van der Waals surface area contributed by atoms with Crippen molar-refractivity contribution in [2.24, 2.45) is 0 Å². The van der Waals surface area contributed by atoms with Crippen molar-refractivity contribution in [2.45, 2.75) is 169 Å². The number of rotatable bonds is 12. The number of nitrogens with zero attached hydrogens (tertiary/aromatic N) is 23. The van der Waals surface area contributed by atoms with Crippen LogP contribution in [-0.2, 0) is 18.8 Å². The van der Waals surface area contributed by atoms with Crippen LogP contribution in [0.15, 0.2) is 115 Å². The fourth-order valence-corrected chi connectivity index (χ4v) is 13.9. The molecular formula is C79H91BBrF6N27O6. The molecule has 120 heavy (non-hydrogen) atoms. The van der Waals surface area contributed by atoms with E-state index in [4.69, 9.17) is 36.0 Å². The summed E-state index contributed by atoms with van der Waals surface area (Å²) in [5.41, 5.74) is 21.7. The summed E-state index contributed by atoms with van der Waals surface area (Å²) in [6.45, 7) is 28.2. The Balaban J connectivity index is 0.000000141. The van der Waals surface area contributed by atoms with Gasteiger partial charge in [-0.3, -0.25) is 14.0 Å². The van der Waals surface area contributed by atoms with Gasteiger partial charge in [0, 0.05) is 102 Å². The van der Waals surface area contributed by atoms with Crippen LogP contribution in [0.2, 0.25) is 0 Å². The number of hydrogen-bond donors (Lipinski definition) is 4. The van der Waals surface area contributed by atoms with E-state index in [0.717, 1.165) is 87.8 Å². The summed E-state index contributed by atoms with van der Waals surface area (Å²) in [5.74, 6) is -5.10. The molecular weight excluding hydrogens is 1630 g/mol.